The van der Waals surface area contributed by atoms with Crippen molar-refractivity contribution in [2.24, 2.45) is 0 Å². The van der Waals surface area contributed by atoms with Gasteiger partial charge in [-0.3, -0.25) is 4.79 Å². The Morgan fingerprint density at radius 2 is 1.38 bits per heavy atom. The molecule has 0 aliphatic rings. The molecule has 0 unspecified atom stereocenters. The number of esters is 1. The van der Waals surface area contributed by atoms with Gasteiger partial charge in [0.1, 0.15) is 24.7 Å². The van der Waals surface area contributed by atoms with Gasteiger partial charge >= 0.3 is 5.97 Å². The predicted octanol–water partition coefficient (Wildman–Crippen LogP) is 4.18. The number of ether oxygens (including phenoxy) is 3. The third kappa shape index (κ3) is 5.59. The van der Waals surface area contributed by atoms with Gasteiger partial charge in [-0.05, 0) is 48.5 Å². The van der Waals surface area contributed by atoms with Crippen LogP contribution in [0.1, 0.15) is 20.7 Å². The van der Waals surface area contributed by atoms with Crippen molar-refractivity contribution in [2.75, 3.05) is 25.6 Å². The van der Waals surface area contributed by atoms with Gasteiger partial charge in [0.25, 0.3) is 5.91 Å². The van der Waals surface area contributed by atoms with Crippen LogP contribution in [0.4, 0.5) is 5.69 Å². The smallest absolute Gasteiger partial charge is 0.337 e. The number of para-hydroxylation sites is 3. The van der Waals surface area contributed by atoms with E-state index in [4.69, 9.17) is 9.47 Å². The van der Waals surface area contributed by atoms with E-state index in [0.29, 0.717) is 35.8 Å². The average molecular weight is 391 g/mol. The Hall–Kier alpha value is -3.80. The third-order valence-corrected chi connectivity index (χ3v) is 4.06. The summed E-state index contributed by atoms with van der Waals surface area (Å²) in [6, 6.07) is 22.9. The molecule has 0 bridgehead atoms. The highest BCUT2D eigenvalue weighted by Gasteiger charge is 2.11. The Labute approximate surface area is 169 Å². The van der Waals surface area contributed by atoms with Crippen LogP contribution in [0.5, 0.6) is 11.5 Å². The summed E-state index contributed by atoms with van der Waals surface area (Å²) in [6.45, 7) is 0.705. The zero-order valence-corrected chi connectivity index (χ0v) is 16.0. The molecule has 0 atom stereocenters. The minimum absolute atomic E-state index is 0.307. The molecule has 0 aliphatic carbocycles. The van der Waals surface area contributed by atoms with E-state index in [1.807, 2.05) is 42.5 Å². The lowest BCUT2D eigenvalue weighted by Gasteiger charge is -2.13. The van der Waals surface area contributed by atoms with Crippen molar-refractivity contribution in [1.29, 1.82) is 0 Å². The largest absolute Gasteiger partial charge is 0.490 e. The Morgan fingerprint density at radius 3 is 2.10 bits per heavy atom. The number of nitrogens with one attached hydrogen (secondary N) is 1. The summed E-state index contributed by atoms with van der Waals surface area (Å²) in [5.74, 6) is 0.559. The van der Waals surface area contributed by atoms with Crippen molar-refractivity contribution in [3.63, 3.8) is 0 Å². The third-order valence-electron chi connectivity index (χ3n) is 4.06. The van der Waals surface area contributed by atoms with Gasteiger partial charge in [0.05, 0.1) is 18.4 Å². The van der Waals surface area contributed by atoms with Crippen molar-refractivity contribution in [2.45, 2.75) is 0 Å². The Balaban J connectivity index is 1.58. The molecule has 3 rings (SSSR count). The topological polar surface area (TPSA) is 73.9 Å². The Kier molecular flexibility index (Phi) is 6.84. The summed E-state index contributed by atoms with van der Waals surface area (Å²) >= 11 is 0. The summed E-state index contributed by atoms with van der Waals surface area (Å²) in [4.78, 5) is 24.0. The molecule has 1 amide bonds. The molecule has 6 nitrogen and oxygen atoms in total. The van der Waals surface area contributed by atoms with Crippen LogP contribution in [-0.2, 0) is 4.74 Å². The molecule has 3 aromatic carbocycles. The number of hydrogen-bond donors (Lipinski definition) is 1. The summed E-state index contributed by atoms with van der Waals surface area (Å²) in [5.41, 5.74) is 1.35. The fraction of sp³-hybridized carbons (Fsp3) is 0.130. The van der Waals surface area contributed by atoms with E-state index in [-0.39, 0.29) is 5.91 Å². The molecule has 0 heterocycles. The van der Waals surface area contributed by atoms with Crippen LogP contribution in [0.2, 0.25) is 0 Å². The van der Waals surface area contributed by atoms with Crippen LogP contribution < -0.4 is 14.8 Å². The van der Waals surface area contributed by atoms with Crippen molar-refractivity contribution in [3.05, 3.63) is 90.0 Å². The number of benzene rings is 3. The van der Waals surface area contributed by atoms with Gasteiger partial charge in [-0.2, -0.15) is 0 Å². The van der Waals surface area contributed by atoms with Crippen molar-refractivity contribution < 1.29 is 23.8 Å². The van der Waals surface area contributed by atoms with Gasteiger partial charge in [-0.25, -0.2) is 4.79 Å². The normalized spacial score (nSPS) is 10.1. The molecule has 3 aromatic rings. The minimum atomic E-state index is -0.451. The lowest BCUT2D eigenvalue weighted by Crippen LogP contribution is -2.14. The second-order valence-corrected chi connectivity index (χ2v) is 6.03. The standard InChI is InChI=1S/C23H21NO5/c1-27-23(26)18-13-11-17(12-14-18)22(25)24-20-9-5-6-10-21(20)29-16-15-28-19-7-3-2-4-8-19/h2-14H,15-16H2,1H3,(H,24,25). The Bertz CT molecular complexity index is 955. The fourth-order valence-electron chi connectivity index (χ4n) is 2.59. The molecule has 0 saturated carbocycles. The minimum Gasteiger partial charge on any atom is -0.490 e. The van der Waals surface area contributed by atoms with E-state index < -0.39 is 5.97 Å². The average Bonchev–Trinajstić information content (AvgIpc) is 2.78. The zero-order chi connectivity index (χ0) is 20.5. The van der Waals surface area contributed by atoms with Gasteiger partial charge in [-0.15, -0.1) is 0 Å². The molecule has 148 valence electrons. The van der Waals surface area contributed by atoms with Crippen LogP contribution >= 0.6 is 0 Å². The second kappa shape index (κ2) is 9.94. The predicted molar refractivity (Wildman–Crippen MR) is 110 cm³/mol. The quantitative estimate of drug-likeness (QED) is 0.461. The summed E-state index contributed by atoms with van der Waals surface area (Å²) in [6.07, 6.45) is 0. The van der Waals surface area contributed by atoms with Crippen LogP contribution in [0.3, 0.4) is 0 Å². The zero-order valence-electron chi connectivity index (χ0n) is 16.0. The Morgan fingerprint density at radius 1 is 0.759 bits per heavy atom. The van der Waals surface area contributed by atoms with Crippen molar-refractivity contribution in [3.8, 4) is 11.5 Å². The molecule has 29 heavy (non-hydrogen) atoms. The maximum Gasteiger partial charge on any atom is 0.337 e. The fourth-order valence-corrected chi connectivity index (χ4v) is 2.59. The number of anilines is 1. The number of rotatable bonds is 8. The number of carbonyl (C=O) groups is 2. The lowest BCUT2D eigenvalue weighted by atomic mass is 10.1. The molecule has 0 aliphatic heterocycles. The van der Waals surface area contributed by atoms with Gasteiger partial charge in [0.15, 0.2) is 0 Å². The number of carbonyl (C=O) groups excluding carboxylic acids is 2. The van der Waals surface area contributed by atoms with Gasteiger partial charge in [-0.1, -0.05) is 30.3 Å². The second-order valence-electron chi connectivity index (χ2n) is 6.03. The molecular formula is C23H21NO5. The summed E-state index contributed by atoms with van der Waals surface area (Å²) < 4.78 is 16.0. The first-order valence-electron chi connectivity index (χ1n) is 9.07. The van der Waals surface area contributed by atoms with Crippen LogP contribution in [-0.4, -0.2) is 32.2 Å². The number of hydrogen-bond acceptors (Lipinski definition) is 5. The molecule has 0 aromatic heterocycles. The van der Waals surface area contributed by atoms with Crippen LogP contribution in [0, 0.1) is 0 Å². The molecule has 0 spiro atoms. The maximum atomic E-state index is 12.5. The molecule has 0 fully saturated rings. The summed E-state index contributed by atoms with van der Waals surface area (Å²) in [7, 11) is 1.31. The van der Waals surface area contributed by atoms with Gasteiger partial charge in [0, 0.05) is 5.56 Å². The van der Waals surface area contributed by atoms with E-state index in [2.05, 4.69) is 10.1 Å². The first-order valence-corrected chi connectivity index (χ1v) is 9.07. The van der Waals surface area contributed by atoms with E-state index in [1.165, 1.54) is 7.11 Å². The SMILES string of the molecule is COC(=O)c1ccc(C(=O)Nc2ccccc2OCCOc2ccccc2)cc1. The highest BCUT2D eigenvalue weighted by molar-refractivity contribution is 6.05. The number of amides is 1. The van der Waals surface area contributed by atoms with Crippen LogP contribution in [0.15, 0.2) is 78.9 Å². The molecular weight excluding hydrogens is 370 g/mol. The van der Waals surface area contributed by atoms with E-state index in [0.717, 1.165) is 5.75 Å². The van der Waals surface area contributed by atoms with Crippen LogP contribution in [0.25, 0.3) is 0 Å². The first kappa shape index (κ1) is 19.9. The first-order chi connectivity index (χ1) is 14.2. The van der Waals surface area contributed by atoms with Gasteiger partial charge < -0.3 is 19.5 Å². The highest BCUT2D eigenvalue weighted by Crippen LogP contribution is 2.24. The van der Waals surface area contributed by atoms with E-state index >= 15 is 0 Å². The molecule has 6 heteroatoms. The monoisotopic (exact) mass is 391 g/mol. The van der Waals surface area contributed by atoms with Crippen molar-refractivity contribution >= 4 is 17.6 Å². The molecule has 0 saturated heterocycles. The molecule has 1 N–H and O–H groups in total. The lowest BCUT2D eigenvalue weighted by molar-refractivity contribution is 0.0600. The summed E-state index contributed by atoms with van der Waals surface area (Å²) in [5, 5.41) is 2.83. The van der Waals surface area contributed by atoms with E-state index in [1.54, 1.807) is 36.4 Å². The number of methoxy groups -OCH3 is 1. The molecule has 0 radical (unpaired) electrons. The van der Waals surface area contributed by atoms with Gasteiger partial charge in [0.2, 0.25) is 0 Å². The van der Waals surface area contributed by atoms with E-state index in [9.17, 15) is 9.59 Å². The maximum absolute atomic E-state index is 12.5. The van der Waals surface area contributed by atoms with Crippen molar-refractivity contribution in [1.82, 2.24) is 0 Å². The highest BCUT2D eigenvalue weighted by atomic mass is 16.5.